The van der Waals surface area contributed by atoms with E-state index >= 15 is 0 Å². The van der Waals surface area contributed by atoms with Gasteiger partial charge in [-0.25, -0.2) is 0 Å². The summed E-state index contributed by atoms with van der Waals surface area (Å²) in [4.78, 5) is 15.2. The summed E-state index contributed by atoms with van der Waals surface area (Å²) in [5.74, 6) is 0.165. The van der Waals surface area contributed by atoms with E-state index in [-0.39, 0.29) is 17.4 Å². The molecular weight excluding hydrogens is 262 g/mol. The van der Waals surface area contributed by atoms with Crippen LogP contribution in [0.25, 0.3) is 0 Å². The molecule has 0 spiro atoms. The van der Waals surface area contributed by atoms with E-state index in [4.69, 9.17) is 5.73 Å². The van der Waals surface area contributed by atoms with Crippen molar-refractivity contribution in [2.75, 3.05) is 26.2 Å². The van der Waals surface area contributed by atoms with Gasteiger partial charge in [-0.3, -0.25) is 4.79 Å². The van der Waals surface area contributed by atoms with Gasteiger partial charge in [0.05, 0.1) is 5.41 Å². The van der Waals surface area contributed by atoms with Gasteiger partial charge in [0.25, 0.3) is 0 Å². The fraction of sp³-hybridized carbons (Fsp3) is 0.941. The van der Waals surface area contributed by atoms with Gasteiger partial charge in [0.2, 0.25) is 5.91 Å². The molecule has 0 aromatic heterocycles. The second-order valence-electron chi connectivity index (χ2n) is 6.72. The van der Waals surface area contributed by atoms with Gasteiger partial charge in [0.1, 0.15) is 0 Å². The standard InChI is InChI=1S/C17H35N3O/c1-4-9-17(14-18,10-5-2)16(21)19-15(3)13-20-11-7-6-8-12-20/h15H,4-14,18H2,1-3H3,(H,19,21). The number of carbonyl (C=O) groups excluding carboxylic acids is 1. The Labute approximate surface area is 130 Å². The fourth-order valence-electron chi connectivity index (χ4n) is 3.56. The van der Waals surface area contributed by atoms with Crippen LogP contribution in [-0.4, -0.2) is 43.0 Å². The first-order valence-corrected chi connectivity index (χ1v) is 8.81. The first-order valence-electron chi connectivity index (χ1n) is 8.81. The minimum absolute atomic E-state index is 0.165. The van der Waals surface area contributed by atoms with Crippen molar-refractivity contribution in [3.8, 4) is 0 Å². The lowest BCUT2D eigenvalue weighted by Gasteiger charge is -2.34. The molecule has 1 heterocycles. The van der Waals surface area contributed by atoms with Crippen molar-refractivity contribution in [3.05, 3.63) is 0 Å². The second-order valence-corrected chi connectivity index (χ2v) is 6.72. The summed E-state index contributed by atoms with van der Waals surface area (Å²) >= 11 is 0. The van der Waals surface area contributed by atoms with Crippen LogP contribution in [0.3, 0.4) is 0 Å². The van der Waals surface area contributed by atoms with E-state index in [9.17, 15) is 4.79 Å². The van der Waals surface area contributed by atoms with E-state index in [1.165, 1.54) is 32.4 Å². The maximum atomic E-state index is 12.7. The third-order valence-electron chi connectivity index (χ3n) is 4.69. The van der Waals surface area contributed by atoms with Crippen LogP contribution in [0.2, 0.25) is 0 Å². The molecule has 1 fully saturated rings. The van der Waals surface area contributed by atoms with E-state index in [0.29, 0.717) is 6.54 Å². The number of rotatable bonds is 9. The van der Waals surface area contributed by atoms with Crippen LogP contribution in [0.1, 0.15) is 65.7 Å². The molecule has 3 N–H and O–H groups in total. The molecule has 0 bridgehead atoms. The first kappa shape index (κ1) is 18.4. The predicted molar refractivity (Wildman–Crippen MR) is 89.2 cm³/mol. The summed E-state index contributed by atoms with van der Waals surface area (Å²) in [7, 11) is 0. The number of likely N-dealkylation sites (tertiary alicyclic amines) is 1. The Kier molecular flexibility index (Phi) is 8.27. The number of amides is 1. The number of nitrogens with two attached hydrogens (primary N) is 1. The van der Waals surface area contributed by atoms with Gasteiger partial charge in [-0.1, -0.05) is 33.1 Å². The van der Waals surface area contributed by atoms with Crippen molar-refractivity contribution >= 4 is 5.91 Å². The number of hydrogen-bond acceptors (Lipinski definition) is 3. The summed E-state index contributed by atoms with van der Waals surface area (Å²) in [5.41, 5.74) is 5.61. The van der Waals surface area contributed by atoms with Crippen molar-refractivity contribution in [1.29, 1.82) is 0 Å². The average molecular weight is 297 g/mol. The van der Waals surface area contributed by atoms with E-state index in [1.807, 2.05) is 0 Å². The molecular formula is C17H35N3O. The Morgan fingerprint density at radius 3 is 2.24 bits per heavy atom. The van der Waals surface area contributed by atoms with Gasteiger partial charge in [-0.05, 0) is 45.7 Å². The second kappa shape index (κ2) is 9.42. The highest BCUT2D eigenvalue weighted by molar-refractivity contribution is 5.83. The molecule has 0 aromatic carbocycles. The van der Waals surface area contributed by atoms with Gasteiger partial charge < -0.3 is 16.0 Å². The van der Waals surface area contributed by atoms with Gasteiger partial charge in [0, 0.05) is 19.1 Å². The van der Waals surface area contributed by atoms with Crippen LogP contribution in [0.5, 0.6) is 0 Å². The molecule has 4 nitrogen and oxygen atoms in total. The van der Waals surface area contributed by atoms with Crippen LogP contribution in [0.15, 0.2) is 0 Å². The van der Waals surface area contributed by atoms with Crippen molar-refractivity contribution in [2.45, 2.75) is 71.8 Å². The SMILES string of the molecule is CCCC(CN)(CCC)C(=O)NC(C)CN1CCCCC1. The van der Waals surface area contributed by atoms with Gasteiger partial charge in [-0.2, -0.15) is 0 Å². The van der Waals surface area contributed by atoms with E-state index in [2.05, 4.69) is 31.0 Å². The molecule has 4 heteroatoms. The molecule has 1 saturated heterocycles. The molecule has 0 saturated carbocycles. The van der Waals surface area contributed by atoms with Crippen LogP contribution in [0.4, 0.5) is 0 Å². The summed E-state index contributed by atoms with van der Waals surface area (Å²) < 4.78 is 0. The average Bonchev–Trinajstić information content (AvgIpc) is 2.47. The molecule has 0 radical (unpaired) electrons. The third-order valence-corrected chi connectivity index (χ3v) is 4.69. The third kappa shape index (κ3) is 5.59. The Bertz CT molecular complexity index is 294. The van der Waals surface area contributed by atoms with Gasteiger partial charge in [0.15, 0.2) is 0 Å². The molecule has 0 aromatic rings. The van der Waals surface area contributed by atoms with Crippen LogP contribution in [0, 0.1) is 5.41 Å². The molecule has 0 aliphatic carbocycles. The lowest BCUT2D eigenvalue weighted by molar-refractivity contribution is -0.132. The topological polar surface area (TPSA) is 58.4 Å². The summed E-state index contributed by atoms with van der Waals surface area (Å²) in [6.07, 6.45) is 7.72. The quantitative estimate of drug-likeness (QED) is 0.687. The zero-order chi connectivity index (χ0) is 15.7. The van der Waals surface area contributed by atoms with Gasteiger partial charge in [-0.15, -0.1) is 0 Å². The lowest BCUT2D eigenvalue weighted by Crippen LogP contribution is -2.51. The van der Waals surface area contributed by atoms with Crippen molar-refractivity contribution in [3.63, 3.8) is 0 Å². The number of carbonyl (C=O) groups is 1. The highest BCUT2D eigenvalue weighted by Crippen LogP contribution is 2.29. The fourth-order valence-corrected chi connectivity index (χ4v) is 3.56. The first-order chi connectivity index (χ1) is 10.1. The van der Waals surface area contributed by atoms with E-state index < -0.39 is 0 Å². The molecule has 1 atom stereocenters. The van der Waals surface area contributed by atoms with Crippen LogP contribution in [-0.2, 0) is 4.79 Å². The van der Waals surface area contributed by atoms with E-state index in [1.54, 1.807) is 0 Å². The monoisotopic (exact) mass is 297 g/mol. The van der Waals surface area contributed by atoms with Gasteiger partial charge >= 0.3 is 0 Å². The highest BCUT2D eigenvalue weighted by Gasteiger charge is 2.35. The minimum Gasteiger partial charge on any atom is -0.352 e. The maximum Gasteiger partial charge on any atom is 0.227 e. The molecule has 1 unspecified atom stereocenters. The number of nitrogens with one attached hydrogen (secondary N) is 1. The molecule has 1 rings (SSSR count). The maximum absolute atomic E-state index is 12.7. The van der Waals surface area contributed by atoms with Crippen molar-refractivity contribution < 1.29 is 4.79 Å². The molecule has 1 amide bonds. The minimum atomic E-state index is -0.361. The number of hydrogen-bond donors (Lipinski definition) is 2. The Morgan fingerprint density at radius 2 is 1.76 bits per heavy atom. The molecule has 1 aliphatic rings. The predicted octanol–water partition coefficient (Wildman–Crippen LogP) is 2.52. The smallest absolute Gasteiger partial charge is 0.227 e. The lowest BCUT2D eigenvalue weighted by atomic mass is 9.78. The number of nitrogens with zero attached hydrogens (tertiary/aromatic N) is 1. The molecule has 124 valence electrons. The Morgan fingerprint density at radius 1 is 1.19 bits per heavy atom. The normalized spacial score (nSPS) is 18.5. The molecule has 1 aliphatic heterocycles. The van der Waals surface area contributed by atoms with Crippen molar-refractivity contribution in [1.82, 2.24) is 10.2 Å². The zero-order valence-corrected chi connectivity index (χ0v) is 14.3. The summed E-state index contributed by atoms with van der Waals surface area (Å²) in [5, 5.41) is 3.23. The van der Waals surface area contributed by atoms with Crippen molar-refractivity contribution in [2.24, 2.45) is 11.1 Å². The summed E-state index contributed by atoms with van der Waals surface area (Å²) in [6, 6.07) is 0.204. The summed E-state index contributed by atoms with van der Waals surface area (Å²) in [6.45, 7) is 10.1. The highest BCUT2D eigenvalue weighted by atomic mass is 16.2. The van der Waals surface area contributed by atoms with Crippen LogP contribution < -0.4 is 11.1 Å². The zero-order valence-electron chi connectivity index (χ0n) is 14.3. The Balaban J connectivity index is 2.54. The largest absolute Gasteiger partial charge is 0.352 e. The molecule has 21 heavy (non-hydrogen) atoms. The Hall–Kier alpha value is -0.610. The van der Waals surface area contributed by atoms with E-state index in [0.717, 1.165) is 32.2 Å². The van der Waals surface area contributed by atoms with Crippen LogP contribution >= 0.6 is 0 Å². The number of piperidine rings is 1.